The Bertz CT molecular complexity index is 974. The average Bonchev–Trinajstić information content (AvgIpc) is 3.08. The minimum Gasteiger partial charge on any atom is -0.494 e. The van der Waals surface area contributed by atoms with Crippen LogP contribution in [0.2, 0.25) is 0 Å². The number of benzene rings is 2. The number of anilines is 1. The molecule has 0 aliphatic heterocycles. The molecule has 0 aliphatic carbocycles. The number of nitrogens with one attached hydrogen (secondary N) is 1. The fraction of sp³-hybridized carbons (Fsp3) is 0.222. The number of aryl methyl sites for hydroxylation is 2. The van der Waals surface area contributed by atoms with Gasteiger partial charge in [0, 0.05) is 12.1 Å². The molecule has 2 aromatic carbocycles. The molecule has 1 amide bonds. The predicted molar refractivity (Wildman–Crippen MR) is 93.8 cm³/mol. The maximum Gasteiger partial charge on any atom is 0.224 e. The number of carbonyl (C=O) groups is 1. The number of rotatable bonds is 6. The summed E-state index contributed by atoms with van der Waals surface area (Å²) in [4.78, 5) is 12.2. The van der Waals surface area contributed by atoms with Gasteiger partial charge in [-0.25, -0.2) is 8.78 Å². The Balaban J connectivity index is 1.73. The number of aromatic nitrogens is 4. The highest BCUT2D eigenvalue weighted by Crippen LogP contribution is 2.26. The number of amides is 1. The SMILES string of the molecule is COc1ccc(NC(=O)CCc2cc(F)ccc2F)cc1-n1nnnc1C. The quantitative estimate of drug-likeness (QED) is 0.719. The zero-order valence-corrected chi connectivity index (χ0v) is 14.7. The van der Waals surface area contributed by atoms with Gasteiger partial charge in [0.2, 0.25) is 5.91 Å². The van der Waals surface area contributed by atoms with Crippen molar-refractivity contribution in [2.24, 2.45) is 0 Å². The summed E-state index contributed by atoms with van der Waals surface area (Å²) in [5.41, 5.74) is 1.23. The van der Waals surface area contributed by atoms with E-state index in [9.17, 15) is 13.6 Å². The van der Waals surface area contributed by atoms with E-state index in [4.69, 9.17) is 4.74 Å². The summed E-state index contributed by atoms with van der Waals surface area (Å²) in [5, 5.41) is 14.0. The molecule has 0 spiro atoms. The van der Waals surface area contributed by atoms with E-state index in [1.165, 1.54) is 11.8 Å². The Morgan fingerprint density at radius 3 is 2.74 bits per heavy atom. The molecule has 0 atom stereocenters. The molecule has 0 unspecified atom stereocenters. The van der Waals surface area contributed by atoms with E-state index in [0.717, 1.165) is 18.2 Å². The number of hydrogen-bond acceptors (Lipinski definition) is 5. The molecule has 9 heteroatoms. The Kier molecular flexibility index (Phi) is 5.39. The fourth-order valence-electron chi connectivity index (χ4n) is 2.59. The summed E-state index contributed by atoms with van der Waals surface area (Å²) in [7, 11) is 1.52. The lowest BCUT2D eigenvalue weighted by molar-refractivity contribution is -0.116. The molecule has 0 bridgehead atoms. The molecule has 0 fully saturated rings. The highest BCUT2D eigenvalue weighted by atomic mass is 19.1. The summed E-state index contributed by atoms with van der Waals surface area (Å²) in [6.45, 7) is 1.73. The van der Waals surface area contributed by atoms with Crippen molar-refractivity contribution in [2.45, 2.75) is 19.8 Å². The smallest absolute Gasteiger partial charge is 0.224 e. The summed E-state index contributed by atoms with van der Waals surface area (Å²) in [6, 6.07) is 8.20. The van der Waals surface area contributed by atoms with Gasteiger partial charge in [0.15, 0.2) is 5.82 Å². The van der Waals surface area contributed by atoms with E-state index in [-0.39, 0.29) is 24.3 Å². The normalized spacial score (nSPS) is 10.7. The van der Waals surface area contributed by atoms with E-state index in [0.29, 0.717) is 22.9 Å². The van der Waals surface area contributed by atoms with Crippen molar-refractivity contribution in [1.29, 1.82) is 0 Å². The number of tetrazole rings is 1. The molecule has 27 heavy (non-hydrogen) atoms. The minimum absolute atomic E-state index is 0.00560. The van der Waals surface area contributed by atoms with E-state index in [1.54, 1.807) is 25.1 Å². The van der Waals surface area contributed by atoms with Gasteiger partial charge in [0.1, 0.15) is 23.1 Å². The number of ether oxygens (including phenoxy) is 1. The van der Waals surface area contributed by atoms with Crippen molar-refractivity contribution in [2.75, 3.05) is 12.4 Å². The molecule has 0 saturated heterocycles. The molecule has 0 aliphatic rings. The van der Waals surface area contributed by atoms with Crippen LogP contribution >= 0.6 is 0 Å². The van der Waals surface area contributed by atoms with E-state index in [1.807, 2.05) is 0 Å². The van der Waals surface area contributed by atoms with Crippen LogP contribution in [0.4, 0.5) is 14.5 Å². The first-order valence-corrected chi connectivity index (χ1v) is 8.15. The molecule has 0 saturated carbocycles. The molecule has 0 radical (unpaired) electrons. The third-order valence-corrected chi connectivity index (χ3v) is 3.95. The number of methoxy groups -OCH3 is 1. The second-order valence-electron chi connectivity index (χ2n) is 5.81. The van der Waals surface area contributed by atoms with Gasteiger partial charge >= 0.3 is 0 Å². The Morgan fingerprint density at radius 1 is 1.22 bits per heavy atom. The first-order chi connectivity index (χ1) is 13.0. The van der Waals surface area contributed by atoms with Crippen LogP contribution in [0.1, 0.15) is 17.8 Å². The van der Waals surface area contributed by atoms with Crippen molar-refractivity contribution in [3.05, 3.63) is 59.4 Å². The van der Waals surface area contributed by atoms with Crippen LogP contribution in [-0.2, 0) is 11.2 Å². The van der Waals surface area contributed by atoms with Gasteiger partial charge in [-0.1, -0.05) is 0 Å². The zero-order valence-electron chi connectivity index (χ0n) is 14.7. The van der Waals surface area contributed by atoms with Crippen LogP contribution in [0.25, 0.3) is 5.69 Å². The summed E-state index contributed by atoms with van der Waals surface area (Å²) >= 11 is 0. The fourth-order valence-corrected chi connectivity index (χ4v) is 2.59. The minimum atomic E-state index is -0.539. The molecule has 3 rings (SSSR count). The Labute approximate surface area is 154 Å². The van der Waals surface area contributed by atoms with Gasteiger partial charge in [0.25, 0.3) is 0 Å². The monoisotopic (exact) mass is 373 g/mol. The third-order valence-electron chi connectivity index (χ3n) is 3.95. The van der Waals surface area contributed by atoms with Crippen LogP contribution < -0.4 is 10.1 Å². The second-order valence-corrected chi connectivity index (χ2v) is 5.81. The van der Waals surface area contributed by atoms with Crippen LogP contribution in [0.5, 0.6) is 5.75 Å². The molecule has 1 heterocycles. The number of halogens is 2. The van der Waals surface area contributed by atoms with Crippen molar-refractivity contribution in [3.8, 4) is 11.4 Å². The first-order valence-electron chi connectivity index (χ1n) is 8.15. The lowest BCUT2D eigenvalue weighted by Crippen LogP contribution is -2.13. The number of carbonyl (C=O) groups excluding carboxylic acids is 1. The molecular formula is C18H17F2N5O2. The van der Waals surface area contributed by atoms with E-state index in [2.05, 4.69) is 20.8 Å². The third kappa shape index (κ3) is 4.25. The van der Waals surface area contributed by atoms with E-state index >= 15 is 0 Å². The second kappa shape index (κ2) is 7.90. The highest BCUT2D eigenvalue weighted by molar-refractivity contribution is 5.91. The predicted octanol–water partition coefficient (Wildman–Crippen LogP) is 2.83. The lowest BCUT2D eigenvalue weighted by Gasteiger charge is -2.12. The molecule has 140 valence electrons. The van der Waals surface area contributed by atoms with Gasteiger partial charge in [-0.2, -0.15) is 4.68 Å². The van der Waals surface area contributed by atoms with Gasteiger partial charge < -0.3 is 10.1 Å². The van der Waals surface area contributed by atoms with Gasteiger partial charge in [0.05, 0.1) is 7.11 Å². The Hall–Kier alpha value is -3.36. The van der Waals surface area contributed by atoms with Crippen LogP contribution in [0.3, 0.4) is 0 Å². The zero-order chi connectivity index (χ0) is 19.4. The maximum absolute atomic E-state index is 13.6. The van der Waals surface area contributed by atoms with Crippen molar-refractivity contribution in [1.82, 2.24) is 20.2 Å². The van der Waals surface area contributed by atoms with Crippen molar-refractivity contribution < 1.29 is 18.3 Å². The molecule has 1 aromatic heterocycles. The topological polar surface area (TPSA) is 81.9 Å². The Morgan fingerprint density at radius 2 is 2.04 bits per heavy atom. The molecular weight excluding hydrogens is 356 g/mol. The largest absolute Gasteiger partial charge is 0.494 e. The summed E-state index contributed by atoms with van der Waals surface area (Å²) in [5.74, 6) is -0.319. The molecule has 3 aromatic rings. The average molecular weight is 373 g/mol. The highest BCUT2D eigenvalue weighted by Gasteiger charge is 2.13. The van der Waals surface area contributed by atoms with Gasteiger partial charge in [-0.15, -0.1) is 5.10 Å². The van der Waals surface area contributed by atoms with Gasteiger partial charge in [-0.05, 0) is 65.7 Å². The van der Waals surface area contributed by atoms with Crippen LogP contribution in [-0.4, -0.2) is 33.2 Å². The van der Waals surface area contributed by atoms with Gasteiger partial charge in [-0.3, -0.25) is 4.79 Å². The van der Waals surface area contributed by atoms with Crippen LogP contribution in [0, 0.1) is 18.6 Å². The summed E-state index contributed by atoms with van der Waals surface area (Å²) in [6.07, 6.45) is 0.0934. The van der Waals surface area contributed by atoms with Crippen molar-refractivity contribution in [3.63, 3.8) is 0 Å². The van der Waals surface area contributed by atoms with Crippen molar-refractivity contribution >= 4 is 11.6 Å². The van der Waals surface area contributed by atoms with Crippen LogP contribution in [0.15, 0.2) is 36.4 Å². The first kappa shape index (κ1) is 18.4. The standard InChI is InChI=1S/C18H17F2N5O2/c1-11-22-23-24-25(11)16-10-14(5-7-17(16)27-2)21-18(26)8-3-12-9-13(19)4-6-15(12)20/h4-7,9-10H,3,8H2,1-2H3,(H,21,26). The maximum atomic E-state index is 13.6. The lowest BCUT2D eigenvalue weighted by atomic mass is 10.1. The number of nitrogens with zero attached hydrogens (tertiary/aromatic N) is 4. The number of hydrogen-bond donors (Lipinski definition) is 1. The molecule has 7 nitrogen and oxygen atoms in total. The summed E-state index contributed by atoms with van der Waals surface area (Å²) < 4.78 is 33.6. The van der Waals surface area contributed by atoms with E-state index < -0.39 is 11.6 Å². The molecule has 1 N–H and O–H groups in total.